The summed E-state index contributed by atoms with van der Waals surface area (Å²) < 4.78 is 4.53. The maximum absolute atomic E-state index is 9.75. The molecule has 0 unspecified atom stereocenters. The number of carbonyl (C=O) groups is 1. The summed E-state index contributed by atoms with van der Waals surface area (Å²) in [4.78, 5) is 9.75. The Bertz CT molecular complexity index is 194. The molecular weight excluding hydrogens is 204 g/mol. The third-order valence-corrected chi connectivity index (χ3v) is 0.927. The largest absolute Gasteiger partial charge is 2.00 e. The molecule has 0 aliphatic rings. The van der Waals surface area contributed by atoms with Crippen molar-refractivity contribution in [1.29, 1.82) is 0 Å². The zero-order valence-corrected chi connectivity index (χ0v) is 8.96. The standard InChI is InChI=1S/C7H6O2.Sr.2H/c8-6-9-7-4-2-1-3-5-7;;;/h1-6H;;;/q;+2;2*-1. The van der Waals surface area contributed by atoms with Crippen molar-refractivity contribution >= 4 is 52.0 Å². The molecule has 0 N–H and O–H groups in total. The first-order valence-corrected chi connectivity index (χ1v) is 2.59. The fourth-order valence-corrected chi connectivity index (χ4v) is 0.555. The van der Waals surface area contributed by atoms with Gasteiger partial charge in [-0.3, -0.25) is 4.79 Å². The number of hydrogen-bond donors (Lipinski definition) is 0. The van der Waals surface area contributed by atoms with Crippen molar-refractivity contribution in [2.24, 2.45) is 0 Å². The zero-order chi connectivity index (χ0) is 6.53. The smallest absolute Gasteiger partial charge is 1.00 e. The van der Waals surface area contributed by atoms with E-state index in [1.165, 1.54) is 0 Å². The number of para-hydroxylation sites is 1. The van der Waals surface area contributed by atoms with Gasteiger partial charge in [-0.2, -0.15) is 0 Å². The molecule has 1 aromatic rings. The van der Waals surface area contributed by atoms with Crippen LogP contribution in [0.5, 0.6) is 5.75 Å². The number of rotatable bonds is 2. The maximum Gasteiger partial charge on any atom is 2.00 e. The number of benzene rings is 1. The number of carbonyl (C=O) groups excluding carboxylic acids is 1. The minimum atomic E-state index is 0. The molecule has 0 aliphatic heterocycles. The Hall–Kier alpha value is 0.171. The van der Waals surface area contributed by atoms with E-state index >= 15 is 0 Å². The van der Waals surface area contributed by atoms with Crippen LogP contribution in [-0.2, 0) is 4.79 Å². The van der Waals surface area contributed by atoms with Gasteiger partial charge in [0.15, 0.2) is 0 Å². The second-order valence-corrected chi connectivity index (χ2v) is 1.53. The Labute approximate surface area is 99.4 Å². The molecule has 2 nitrogen and oxygen atoms in total. The van der Waals surface area contributed by atoms with Crippen LogP contribution < -0.4 is 4.74 Å². The van der Waals surface area contributed by atoms with Gasteiger partial charge >= 0.3 is 45.5 Å². The van der Waals surface area contributed by atoms with Gasteiger partial charge in [-0.25, -0.2) is 0 Å². The summed E-state index contributed by atoms with van der Waals surface area (Å²) in [6.07, 6.45) is 0. The number of ether oxygens (including phenoxy) is 1. The molecule has 50 valence electrons. The first-order chi connectivity index (χ1) is 4.43. The molecule has 0 heterocycles. The van der Waals surface area contributed by atoms with Crippen molar-refractivity contribution in [1.82, 2.24) is 0 Å². The zero-order valence-electron chi connectivity index (χ0n) is 7.49. The summed E-state index contributed by atoms with van der Waals surface area (Å²) in [5.74, 6) is 0.576. The first kappa shape index (κ1) is 10.2. The summed E-state index contributed by atoms with van der Waals surface area (Å²) in [6.45, 7) is 0.412. The van der Waals surface area contributed by atoms with Gasteiger partial charge < -0.3 is 7.59 Å². The van der Waals surface area contributed by atoms with Gasteiger partial charge in [-0.1, -0.05) is 18.2 Å². The molecule has 0 amide bonds. The summed E-state index contributed by atoms with van der Waals surface area (Å²) in [5.41, 5.74) is 0. The van der Waals surface area contributed by atoms with Gasteiger partial charge in [0, 0.05) is 0 Å². The van der Waals surface area contributed by atoms with E-state index in [0.29, 0.717) is 12.2 Å². The second-order valence-electron chi connectivity index (χ2n) is 1.53. The van der Waals surface area contributed by atoms with E-state index in [-0.39, 0.29) is 48.3 Å². The van der Waals surface area contributed by atoms with Crippen LogP contribution in [0.15, 0.2) is 30.3 Å². The van der Waals surface area contributed by atoms with Gasteiger partial charge in [0.05, 0.1) is 0 Å². The van der Waals surface area contributed by atoms with E-state index in [4.69, 9.17) is 0 Å². The Morgan fingerprint density at radius 1 is 1.30 bits per heavy atom. The molecule has 0 bridgehead atoms. The van der Waals surface area contributed by atoms with Crippen molar-refractivity contribution < 1.29 is 12.4 Å². The van der Waals surface area contributed by atoms with E-state index in [9.17, 15) is 4.79 Å². The Balaban J connectivity index is -0.000000270. The van der Waals surface area contributed by atoms with E-state index in [2.05, 4.69) is 4.74 Å². The van der Waals surface area contributed by atoms with Crippen molar-refractivity contribution in [3.8, 4) is 5.75 Å². The van der Waals surface area contributed by atoms with E-state index in [0.717, 1.165) is 0 Å². The summed E-state index contributed by atoms with van der Waals surface area (Å²) in [5, 5.41) is 0. The van der Waals surface area contributed by atoms with Crippen LogP contribution >= 0.6 is 0 Å². The topological polar surface area (TPSA) is 26.3 Å². The molecule has 0 aliphatic carbocycles. The average molecular weight is 212 g/mol. The van der Waals surface area contributed by atoms with Crippen molar-refractivity contribution in [3.63, 3.8) is 0 Å². The molecular formula is C7H8O2Sr. The van der Waals surface area contributed by atoms with E-state index in [1.54, 1.807) is 24.3 Å². The SMILES string of the molecule is O=COc1ccccc1.[H-].[H-].[Sr+2]. The summed E-state index contributed by atoms with van der Waals surface area (Å²) in [7, 11) is 0. The van der Waals surface area contributed by atoms with Crippen LogP contribution in [-0.4, -0.2) is 52.0 Å². The Morgan fingerprint density at radius 2 is 1.90 bits per heavy atom. The van der Waals surface area contributed by atoms with Crippen LogP contribution in [0, 0.1) is 0 Å². The van der Waals surface area contributed by atoms with Crippen molar-refractivity contribution in [2.75, 3.05) is 0 Å². The normalized spacial score (nSPS) is 7.60. The van der Waals surface area contributed by atoms with Gasteiger partial charge in [0.1, 0.15) is 5.75 Å². The van der Waals surface area contributed by atoms with Crippen LogP contribution in [0.4, 0.5) is 0 Å². The van der Waals surface area contributed by atoms with Crippen LogP contribution in [0.25, 0.3) is 0 Å². The van der Waals surface area contributed by atoms with Gasteiger partial charge in [0.25, 0.3) is 6.47 Å². The first-order valence-electron chi connectivity index (χ1n) is 2.59. The fourth-order valence-electron chi connectivity index (χ4n) is 0.555. The fraction of sp³-hybridized carbons (Fsp3) is 0. The molecule has 0 saturated heterocycles. The molecule has 0 atom stereocenters. The van der Waals surface area contributed by atoms with Gasteiger partial charge in [0.2, 0.25) is 0 Å². The van der Waals surface area contributed by atoms with Gasteiger partial charge in [-0.15, -0.1) is 0 Å². The Kier molecular flexibility index (Phi) is 6.02. The van der Waals surface area contributed by atoms with E-state index < -0.39 is 0 Å². The van der Waals surface area contributed by atoms with Gasteiger partial charge in [-0.05, 0) is 12.1 Å². The molecule has 3 heteroatoms. The van der Waals surface area contributed by atoms with Crippen LogP contribution in [0.1, 0.15) is 2.85 Å². The van der Waals surface area contributed by atoms with Crippen molar-refractivity contribution in [2.45, 2.75) is 0 Å². The average Bonchev–Trinajstić information content (AvgIpc) is 1.91. The predicted molar refractivity (Wildman–Crippen MR) is 41.1 cm³/mol. The third-order valence-electron chi connectivity index (χ3n) is 0.927. The monoisotopic (exact) mass is 212 g/mol. The number of hydrogen-bond acceptors (Lipinski definition) is 2. The molecule has 0 radical (unpaired) electrons. The van der Waals surface area contributed by atoms with Crippen LogP contribution in [0.3, 0.4) is 0 Å². The predicted octanol–water partition coefficient (Wildman–Crippen LogP) is 1.07. The minimum absolute atomic E-state index is 0. The molecule has 1 aromatic carbocycles. The molecule has 0 fully saturated rings. The van der Waals surface area contributed by atoms with Crippen LogP contribution in [0.2, 0.25) is 0 Å². The molecule has 10 heavy (non-hydrogen) atoms. The molecule has 1 rings (SSSR count). The summed E-state index contributed by atoms with van der Waals surface area (Å²) in [6, 6.07) is 8.90. The molecule has 0 aromatic heterocycles. The van der Waals surface area contributed by atoms with Crippen molar-refractivity contribution in [3.05, 3.63) is 30.3 Å². The molecule has 0 saturated carbocycles. The minimum Gasteiger partial charge on any atom is -1.00 e. The maximum atomic E-state index is 9.75. The molecule has 0 spiro atoms. The summed E-state index contributed by atoms with van der Waals surface area (Å²) >= 11 is 0. The van der Waals surface area contributed by atoms with E-state index in [1.807, 2.05) is 6.07 Å². The Morgan fingerprint density at radius 3 is 2.40 bits per heavy atom. The second kappa shape index (κ2) is 5.92. The quantitative estimate of drug-likeness (QED) is 0.541. The third kappa shape index (κ3) is 3.37.